The van der Waals surface area contributed by atoms with Gasteiger partial charge < -0.3 is 10.2 Å². The molecule has 3 nitrogen and oxygen atoms in total. The Bertz CT molecular complexity index is 628. The number of nitrogens with one attached hydrogen (secondary N) is 1. The van der Waals surface area contributed by atoms with Crippen molar-refractivity contribution >= 4 is 34.6 Å². The van der Waals surface area contributed by atoms with Crippen molar-refractivity contribution in [3.05, 3.63) is 59.4 Å². The minimum atomic E-state index is 0.539. The minimum Gasteiger partial charge on any atom is -0.342 e. The molecule has 0 atom stereocenters. The number of hydrogen-bond acceptors (Lipinski definition) is 2. The molecule has 1 heterocycles. The van der Waals surface area contributed by atoms with Gasteiger partial charge in [0.15, 0.2) is 5.11 Å². The lowest BCUT2D eigenvalue weighted by Gasteiger charge is -2.26. The van der Waals surface area contributed by atoms with Crippen LogP contribution in [0.5, 0.6) is 0 Å². The monoisotopic (exact) mass is 317 g/mol. The van der Waals surface area contributed by atoms with Gasteiger partial charge in [-0.05, 0) is 61.0 Å². The van der Waals surface area contributed by atoms with Crippen molar-refractivity contribution in [1.29, 1.82) is 0 Å². The maximum absolute atomic E-state index is 6.01. The number of rotatable bonds is 4. The molecule has 0 bridgehead atoms. The summed E-state index contributed by atoms with van der Waals surface area (Å²) in [4.78, 5) is 6.30. The zero-order valence-electron chi connectivity index (χ0n) is 11.5. The summed E-state index contributed by atoms with van der Waals surface area (Å²) in [6, 6.07) is 12.2. The Morgan fingerprint density at radius 1 is 1.29 bits per heavy atom. The van der Waals surface area contributed by atoms with E-state index in [1.54, 1.807) is 0 Å². The van der Waals surface area contributed by atoms with E-state index in [4.69, 9.17) is 23.8 Å². The molecule has 1 aliphatic carbocycles. The molecule has 0 spiro atoms. The van der Waals surface area contributed by atoms with Crippen LogP contribution < -0.4 is 5.32 Å². The number of nitrogens with zero attached hydrogens (tertiary/aromatic N) is 2. The highest BCUT2D eigenvalue weighted by Crippen LogP contribution is 2.29. The molecule has 1 fully saturated rings. The largest absolute Gasteiger partial charge is 0.342 e. The molecule has 2 aromatic rings. The fraction of sp³-hybridized carbons (Fsp3) is 0.250. The second-order valence-electron chi connectivity index (χ2n) is 5.16. The molecular weight excluding hydrogens is 302 g/mol. The summed E-state index contributed by atoms with van der Waals surface area (Å²) in [6.45, 7) is 0.805. The lowest BCUT2D eigenvalue weighted by Crippen LogP contribution is -2.36. The van der Waals surface area contributed by atoms with Crippen molar-refractivity contribution in [3.8, 4) is 0 Å². The standard InChI is InChI=1S/C16H16ClN3S/c17-13-2-1-3-14(10-13)19-16(21)20(15-4-5-15)11-12-6-8-18-9-7-12/h1-3,6-10,15H,4-5,11H2,(H,19,21). The Kier molecular flexibility index (Phi) is 4.36. The highest BCUT2D eigenvalue weighted by atomic mass is 35.5. The summed E-state index contributed by atoms with van der Waals surface area (Å²) in [5, 5.41) is 4.73. The fourth-order valence-electron chi connectivity index (χ4n) is 2.20. The molecule has 0 radical (unpaired) electrons. The molecule has 3 rings (SSSR count). The number of benzene rings is 1. The SMILES string of the molecule is S=C(Nc1cccc(Cl)c1)N(Cc1ccncc1)C1CC1. The Morgan fingerprint density at radius 3 is 2.71 bits per heavy atom. The highest BCUT2D eigenvalue weighted by molar-refractivity contribution is 7.80. The van der Waals surface area contributed by atoms with E-state index in [2.05, 4.69) is 15.2 Å². The second-order valence-corrected chi connectivity index (χ2v) is 5.98. The van der Waals surface area contributed by atoms with E-state index < -0.39 is 0 Å². The minimum absolute atomic E-state index is 0.539. The van der Waals surface area contributed by atoms with Gasteiger partial charge in [-0.15, -0.1) is 0 Å². The zero-order chi connectivity index (χ0) is 14.7. The van der Waals surface area contributed by atoms with Crippen LogP contribution in [0.3, 0.4) is 0 Å². The molecule has 21 heavy (non-hydrogen) atoms. The predicted octanol–water partition coefficient (Wildman–Crippen LogP) is 4.10. The topological polar surface area (TPSA) is 28.2 Å². The van der Waals surface area contributed by atoms with Gasteiger partial charge in [-0.2, -0.15) is 0 Å². The third kappa shape index (κ3) is 3.93. The Hall–Kier alpha value is -1.65. The highest BCUT2D eigenvalue weighted by Gasteiger charge is 2.30. The fourth-order valence-corrected chi connectivity index (χ4v) is 2.72. The van der Waals surface area contributed by atoms with Crippen molar-refractivity contribution in [2.45, 2.75) is 25.4 Å². The molecule has 0 saturated heterocycles. The van der Waals surface area contributed by atoms with Crippen LogP contribution in [-0.2, 0) is 6.54 Å². The van der Waals surface area contributed by atoms with E-state index >= 15 is 0 Å². The van der Waals surface area contributed by atoms with Crippen LogP contribution in [0.25, 0.3) is 0 Å². The van der Waals surface area contributed by atoms with Gasteiger partial charge in [-0.25, -0.2) is 0 Å². The van der Waals surface area contributed by atoms with E-state index in [0.717, 1.165) is 17.3 Å². The Morgan fingerprint density at radius 2 is 2.05 bits per heavy atom. The van der Waals surface area contributed by atoms with Gasteiger partial charge in [-0.1, -0.05) is 17.7 Å². The van der Waals surface area contributed by atoms with Crippen LogP contribution in [0.15, 0.2) is 48.8 Å². The second kappa shape index (κ2) is 6.41. The summed E-state index contributed by atoms with van der Waals surface area (Å²) in [5.41, 5.74) is 2.14. The number of anilines is 1. The zero-order valence-corrected chi connectivity index (χ0v) is 13.1. The maximum atomic E-state index is 6.01. The van der Waals surface area contributed by atoms with Crippen molar-refractivity contribution in [2.24, 2.45) is 0 Å². The maximum Gasteiger partial charge on any atom is 0.173 e. The molecule has 1 N–H and O–H groups in total. The smallest absolute Gasteiger partial charge is 0.173 e. The average Bonchev–Trinajstić information content (AvgIpc) is 3.30. The molecule has 5 heteroatoms. The third-order valence-corrected chi connectivity index (χ3v) is 4.00. The van der Waals surface area contributed by atoms with E-state index in [1.165, 1.54) is 18.4 Å². The number of halogens is 1. The van der Waals surface area contributed by atoms with Crippen molar-refractivity contribution in [2.75, 3.05) is 5.32 Å². The van der Waals surface area contributed by atoms with Gasteiger partial charge in [0.05, 0.1) is 0 Å². The molecule has 108 valence electrons. The summed E-state index contributed by atoms with van der Waals surface area (Å²) in [5.74, 6) is 0. The van der Waals surface area contributed by atoms with Gasteiger partial charge in [0.25, 0.3) is 0 Å². The molecule has 0 amide bonds. The van der Waals surface area contributed by atoms with E-state index in [0.29, 0.717) is 11.1 Å². The van der Waals surface area contributed by atoms with Gasteiger partial charge in [0.2, 0.25) is 0 Å². The molecule has 1 aliphatic rings. The lowest BCUT2D eigenvalue weighted by molar-refractivity contribution is 0.409. The van der Waals surface area contributed by atoms with Crippen LogP contribution >= 0.6 is 23.8 Å². The van der Waals surface area contributed by atoms with Crippen LogP contribution in [0.2, 0.25) is 5.02 Å². The van der Waals surface area contributed by atoms with Crippen molar-refractivity contribution in [1.82, 2.24) is 9.88 Å². The van der Waals surface area contributed by atoms with Gasteiger partial charge in [0, 0.05) is 35.7 Å². The molecule has 0 unspecified atom stereocenters. The van der Waals surface area contributed by atoms with Gasteiger partial charge in [0.1, 0.15) is 0 Å². The average molecular weight is 318 g/mol. The number of hydrogen-bond donors (Lipinski definition) is 1. The van der Waals surface area contributed by atoms with Crippen LogP contribution in [-0.4, -0.2) is 21.0 Å². The molecule has 1 saturated carbocycles. The number of pyridine rings is 1. The van der Waals surface area contributed by atoms with Crippen molar-refractivity contribution in [3.63, 3.8) is 0 Å². The van der Waals surface area contributed by atoms with Gasteiger partial charge in [-0.3, -0.25) is 4.98 Å². The van der Waals surface area contributed by atoms with E-state index in [1.807, 2.05) is 48.8 Å². The molecule has 1 aromatic heterocycles. The predicted molar refractivity (Wildman–Crippen MR) is 90.5 cm³/mol. The van der Waals surface area contributed by atoms with Crippen LogP contribution in [0.4, 0.5) is 5.69 Å². The van der Waals surface area contributed by atoms with Crippen molar-refractivity contribution < 1.29 is 0 Å². The quantitative estimate of drug-likeness (QED) is 0.859. The Labute approximate surface area is 134 Å². The number of aromatic nitrogens is 1. The van der Waals surface area contributed by atoms with E-state index in [9.17, 15) is 0 Å². The molecular formula is C16H16ClN3S. The Balaban J connectivity index is 1.70. The third-order valence-electron chi connectivity index (χ3n) is 3.43. The molecule has 1 aromatic carbocycles. The molecule has 0 aliphatic heterocycles. The summed E-state index contributed by atoms with van der Waals surface area (Å²) in [6.07, 6.45) is 6.02. The number of thiocarbonyl (C=S) groups is 1. The summed E-state index contributed by atoms with van der Waals surface area (Å²) < 4.78 is 0. The van der Waals surface area contributed by atoms with Gasteiger partial charge >= 0.3 is 0 Å². The first-order chi connectivity index (χ1) is 10.2. The first-order valence-corrected chi connectivity index (χ1v) is 7.73. The summed E-state index contributed by atoms with van der Waals surface area (Å²) in [7, 11) is 0. The van der Waals surface area contributed by atoms with Crippen LogP contribution in [0, 0.1) is 0 Å². The van der Waals surface area contributed by atoms with Crippen LogP contribution in [0.1, 0.15) is 18.4 Å². The van der Waals surface area contributed by atoms with E-state index in [-0.39, 0.29) is 0 Å². The summed E-state index contributed by atoms with van der Waals surface area (Å²) >= 11 is 11.6. The first-order valence-electron chi connectivity index (χ1n) is 6.94. The first kappa shape index (κ1) is 14.3. The normalized spacial score (nSPS) is 13.8. The lowest BCUT2D eigenvalue weighted by atomic mass is 10.2.